The van der Waals surface area contributed by atoms with Crippen LogP contribution in [-0.4, -0.2) is 48.5 Å². The Morgan fingerprint density at radius 1 is 1.06 bits per heavy atom. The van der Waals surface area contributed by atoms with Crippen molar-refractivity contribution in [3.05, 3.63) is 53.6 Å². The summed E-state index contributed by atoms with van der Waals surface area (Å²) in [5.41, 5.74) is 0.463. The number of nitrogens with one attached hydrogen (secondary N) is 1. The summed E-state index contributed by atoms with van der Waals surface area (Å²) >= 11 is 6.55. The highest BCUT2D eigenvalue weighted by atomic mass is 35.5. The number of para-hydroxylation sites is 1. The molecule has 172 valence electrons. The van der Waals surface area contributed by atoms with Gasteiger partial charge in [-0.15, -0.1) is 0 Å². The quantitative estimate of drug-likeness (QED) is 0.646. The summed E-state index contributed by atoms with van der Waals surface area (Å²) in [6, 6.07) is 14.8. The minimum Gasteiger partial charge on any atom is -0.478 e. The fraction of sp³-hybridized carbons (Fsp3) is 0.440. The molecule has 0 spiro atoms. The van der Waals surface area contributed by atoms with Crippen LogP contribution in [0.4, 0.5) is 11.4 Å². The number of nitrogens with zero attached hydrogens (tertiary/aromatic N) is 2. The third kappa shape index (κ3) is 6.16. The summed E-state index contributed by atoms with van der Waals surface area (Å²) < 4.78 is 5.85. The van der Waals surface area contributed by atoms with Crippen LogP contribution in [0.2, 0.25) is 5.02 Å². The molecule has 0 unspecified atom stereocenters. The minimum atomic E-state index is -1.05. The van der Waals surface area contributed by atoms with E-state index in [0.29, 0.717) is 41.9 Å². The normalized spacial score (nSPS) is 14.4. The molecule has 1 fully saturated rings. The molecular formula is C25H32ClN3O3. The monoisotopic (exact) mass is 457 g/mol. The predicted octanol–water partition coefficient (Wildman–Crippen LogP) is 4.83. The van der Waals surface area contributed by atoms with Crippen LogP contribution in [-0.2, 0) is 9.59 Å². The number of piperazine rings is 1. The Balaban J connectivity index is 1.59. The molecule has 0 saturated carbocycles. The molecule has 1 N–H and O–H groups in total. The Hall–Kier alpha value is -2.73. The van der Waals surface area contributed by atoms with Crippen molar-refractivity contribution in [1.29, 1.82) is 0 Å². The second-order valence-corrected chi connectivity index (χ2v) is 9.42. The molecule has 0 atom stereocenters. The van der Waals surface area contributed by atoms with Gasteiger partial charge in [-0.25, -0.2) is 0 Å². The SMILES string of the molecule is CC(C)CC(=O)N1CCN(c2ccc(NC(=O)C(C)(C)Oc3ccccc3)cc2Cl)CC1. The average molecular weight is 458 g/mol. The number of carbonyl (C=O) groups excluding carboxylic acids is 2. The molecule has 0 bridgehead atoms. The van der Waals surface area contributed by atoms with E-state index in [2.05, 4.69) is 24.1 Å². The number of amides is 2. The Morgan fingerprint density at radius 3 is 2.31 bits per heavy atom. The second kappa shape index (κ2) is 10.3. The third-order valence-electron chi connectivity index (χ3n) is 5.42. The van der Waals surface area contributed by atoms with Gasteiger partial charge in [0.15, 0.2) is 5.60 Å². The fourth-order valence-electron chi connectivity index (χ4n) is 3.63. The topological polar surface area (TPSA) is 61.9 Å². The highest BCUT2D eigenvalue weighted by Crippen LogP contribution is 2.30. The van der Waals surface area contributed by atoms with Crippen LogP contribution in [0, 0.1) is 5.92 Å². The maximum atomic E-state index is 12.8. The zero-order valence-electron chi connectivity index (χ0n) is 19.2. The summed E-state index contributed by atoms with van der Waals surface area (Å²) in [4.78, 5) is 29.2. The van der Waals surface area contributed by atoms with Gasteiger partial charge in [-0.1, -0.05) is 43.6 Å². The van der Waals surface area contributed by atoms with Crippen molar-refractivity contribution in [1.82, 2.24) is 4.90 Å². The molecule has 1 aliphatic heterocycles. The lowest BCUT2D eigenvalue weighted by atomic mass is 10.1. The Labute approximate surface area is 195 Å². The van der Waals surface area contributed by atoms with E-state index in [4.69, 9.17) is 16.3 Å². The lowest BCUT2D eigenvalue weighted by molar-refractivity contribution is -0.132. The van der Waals surface area contributed by atoms with E-state index < -0.39 is 5.60 Å². The summed E-state index contributed by atoms with van der Waals surface area (Å²) in [5, 5.41) is 3.46. The zero-order valence-corrected chi connectivity index (χ0v) is 20.0. The van der Waals surface area contributed by atoms with E-state index >= 15 is 0 Å². The molecular weight excluding hydrogens is 426 g/mol. The number of halogens is 1. The van der Waals surface area contributed by atoms with E-state index in [1.165, 1.54) is 0 Å². The molecule has 0 radical (unpaired) electrons. The van der Waals surface area contributed by atoms with E-state index in [9.17, 15) is 9.59 Å². The maximum Gasteiger partial charge on any atom is 0.267 e. The van der Waals surface area contributed by atoms with Gasteiger partial charge in [-0.05, 0) is 50.1 Å². The molecule has 7 heteroatoms. The number of rotatable bonds is 7. The van der Waals surface area contributed by atoms with Crippen LogP contribution < -0.4 is 15.0 Å². The predicted molar refractivity (Wildman–Crippen MR) is 129 cm³/mol. The number of anilines is 2. The van der Waals surface area contributed by atoms with E-state index in [0.717, 1.165) is 18.8 Å². The first-order valence-corrected chi connectivity index (χ1v) is 11.4. The Morgan fingerprint density at radius 2 is 1.72 bits per heavy atom. The molecule has 2 amide bonds. The highest BCUT2D eigenvalue weighted by Gasteiger charge is 2.30. The standard InChI is InChI=1S/C25H32ClN3O3/c1-18(2)16-23(30)29-14-12-28(13-15-29)22-11-10-19(17-21(22)26)27-24(31)25(3,4)32-20-8-6-5-7-9-20/h5-11,17-18H,12-16H2,1-4H3,(H,27,31). The van der Waals surface area contributed by atoms with Crippen molar-refractivity contribution in [3.63, 3.8) is 0 Å². The largest absolute Gasteiger partial charge is 0.478 e. The van der Waals surface area contributed by atoms with Crippen LogP contribution in [0.1, 0.15) is 34.1 Å². The van der Waals surface area contributed by atoms with Crippen molar-refractivity contribution in [2.75, 3.05) is 36.4 Å². The van der Waals surface area contributed by atoms with Gasteiger partial charge in [0.25, 0.3) is 5.91 Å². The third-order valence-corrected chi connectivity index (χ3v) is 5.73. The number of hydrogen-bond donors (Lipinski definition) is 1. The summed E-state index contributed by atoms with van der Waals surface area (Å²) in [6.45, 7) is 10.4. The molecule has 1 aliphatic rings. The van der Waals surface area contributed by atoms with Gasteiger partial charge >= 0.3 is 0 Å². The zero-order chi connectivity index (χ0) is 23.3. The van der Waals surface area contributed by atoms with E-state index in [-0.39, 0.29) is 11.8 Å². The van der Waals surface area contributed by atoms with Crippen molar-refractivity contribution in [3.8, 4) is 5.75 Å². The molecule has 0 aromatic heterocycles. The molecule has 1 saturated heterocycles. The van der Waals surface area contributed by atoms with Crippen molar-refractivity contribution in [2.24, 2.45) is 5.92 Å². The molecule has 6 nitrogen and oxygen atoms in total. The van der Waals surface area contributed by atoms with Gasteiger partial charge in [0.2, 0.25) is 5.91 Å². The number of benzene rings is 2. The lowest BCUT2D eigenvalue weighted by Crippen LogP contribution is -2.49. The first kappa shape index (κ1) is 23.9. The van der Waals surface area contributed by atoms with Gasteiger partial charge in [-0.2, -0.15) is 0 Å². The second-order valence-electron chi connectivity index (χ2n) is 9.01. The van der Waals surface area contributed by atoms with Gasteiger partial charge in [0, 0.05) is 38.3 Å². The molecule has 1 heterocycles. The summed E-state index contributed by atoms with van der Waals surface area (Å²) in [6.07, 6.45) is 0.583. The lowest BCUT2D eigenvalue weighted by Gasteiger charge is -2.37. The van der Waals surface area contributed by atoms with Crippen LogP contribution in [0.3, 0.4) is 0 Å². The minimum absolute atomic E-state index is 0.212. The fourth-order valence-corrected chi connectivity index (χ4v) is 3.93. The molecule has 2 aromatic rings. The molecule has 3 rings (SSSR count). The van der Waals surface area contributed by atoms with E-state index in [1.807, 2.05) is 47.4 Å². The molecule has 0 aliphatic carbocycles. The average Bonchev–Trinajstić information content (AvgIpc) is 2.74. The van der Waals surface area contributed by atoms with Gasteiger partial charge in [0.05, 0.1) is 10.7 Å². The van der Waals surface area contributed by atoms with Crippen LogP contribution in [0.5, 0.6) is 5.75 Å². The number of ether oxygens (including phenoxy) is 1. The van der Waals surface area contributed by atoms with Gasteiger partial charge < -0.3 is 19.9 Å². The van der Waals surface area contributed by atoms with Crippen molar-refractivity contribution < 1.29 is 14.3 Å². The number of carbonyl (C=O) groups is 2. The van der Waals surface area contributed by atoms with Crippen LogP contribution in [0.25, 0.3) is 0 Å². The van der Waals surface area contributed by atoms with Crippen LogP contribution in [0.15, 0.2) is 48.5 Å². The maximum absolute atomic E-state index is 12.8. The van der Waals surface area contributed by atoms with Crippen LogP contribution >= 0.6 is 11.6 Å². The Bertz CT molecular complexity index is 939. The first-order valence-electron chi connectivity index (χ1n) is 11.0. The van der Waals surface area contributed by atoms with Crippen molar-refractivity contribution in [2.45, 2.75) is 39.7 Å². The summed E-state index contributed by atoms with van der Waals surface area (Å²) in [5.74, 6) is 0.944. The Kier molecular flexibility index (Phi) is 7.67. The number of hydrogen-bond acceptors (Lipinski definition) is 4. The smallest absolute Gasteiger partial charge is 0.267 e. The molecule has 2 aromatic carbocycles. The first-order chi connectivity index (χ1) is 15.2. The van der Waals surface area contributed by atoms with Crippen molar-refractivity contribution >= 4 is 34.8 Å². The van der Waals surface area contributed by atoms with Gasteiger partial charge in [0.1, 0.15) is 5.75 Å². The highest BCUT2D eigenvalue weighted by molar-refractivity contribution is 6.33. The molecule has 32 heavy (non-hydrogen) atoms. The van der Waals surface area contributed by atoms with Gasteiger partial charge in [-0.3, -0.25) is 9.59 Å². The summed E-state index contributed by atoms with van der Waals surface area (Å²) in [7, 11) is 0. The van der Waals surface area contributed by atoms with E-state index in [1.54, 1.807) is 19.9 Å².